The van der Waals surface area contributed by atoms with Crippen molar-refractivity contribution in [3.05, 3.63) is 98.5 Å². The number of nitrogens with one attached hydrogen (secondary N) is 3. The van der Waals surface area contributed by atoms with Crippen LogP contribution in [0.15, 0.2) is 66.7 Å². The van der Waals surface area contributed by atoms with E-state index in [0.29, 0.717) is 59.4 Å². The van der Waals surface area contributed by atoms with Crippen molar-refractivity contribution in [2.45, 2.75) is 76.0 Å². The third-order valence-electron chi connectivity index (χ3n) is 9.11. The van der Waals surface area contributed by atoms with Crippen molar-refractivity contribution in [2.75, 3.05) is 25.0 Å². The lowest BCUT2D eigenvalue weighted by Crippen LogP contribution is -2.53. The van der Waals surface area contributed by atoms with Gasteiger partial charge in [0.05, 0.1) is 10.0 Å². The first-order valence-corrected chi connectivity index (χ1v) is 17.7. The fraction of sp³-hybridized carbons (Fsp3) is 0.405. The van der Waals surface area contributed by atoms with Crippen molar-refractivity contribution in [3.63, 3.8) is 0 Å². The van der Waals surface area contributed by atoms with Gasteiger partial charge in [0, 0.05) is 55.3 Å². The third-order valence-corrected chi connectivity index (χ3v) is 10.1. The SMILES string of the molecule is C[C@@H]1CCN(C)C(=O)C[C@@H](Cc2ccc(Cl)c(Cl)c2)NC(=O)CN2C(=O)[C@H](CCc3ccccc32)NC(=O)C[C@H](Cc2ccc(Cl)cc2)N1. The highest BCUT2D eigenvalue weighted by Gasteiger charge is 2.34. The number of nitrogens with zero attached hydrogens (tertiary/aromatic N) is 2. The van der Waals surface area contributed by atoms with E-state index < -0.39 is 18.0 Å². The molecule has 2 bridgehead atoms. The lowest BCUT2D eigenvalue weighted by molar-refractivity contribution is -0.131. The minimum atomic E-state index is -0.817. The average molecular weight is 727 g/mol. The lowest BCUT2D eigenvalue weighted by atomic mass is 10.0. The molecule has 4 amide bonds. The minimum absolute atomic E-state index is 0.0320. The molecule has 0 radical (unpaired) electrons. The molecule has 5 rings (SSSR count). The van der Waals surface area contributed by atoms with Gasteiger partial charge in [0.15, 0.2) is 0 Å². The zero-order valence-electron chi connectivity index (χ0n) is 27.7. The van der Waals surface area contributed by atoms with Crippen molar-refractivity contribution in [1.82, 2.24) is 20.9 Å². The summed E-state index contributed by atoms with van der Waals surface area (Å²) in [6.45, 7) is 2.23. The van der Waals surface area contributed by atoms with Crippen molar-refractivity contribution in [2.24, 2.45) is 0 Å². The summed E-state index contributed by atoms with van der Waals surface area (Å²) in [6, 6.07) is 18.5. The molecule has 2 heterocycles. The van der Waals surface area contributed by atoms with E-state index in [1.807, 2.05) is 61.5 Å². The Morgan fingerprint density at radius 2 is 1.49 bits per heavy atom. The smallest absolute Gasteiger partial charge is 0.250 e. The van der Waals surface area contributed by atoms with Gasteiger partial charge in [-0.25, -0.2) is 0 Å². The Kier molecular flexibility index (Phi) is 12.6. The Morgan fingerprint density at radius 1 is 0.776 bits per heavy atom. The number of amides is 4. The van der Waals surface area contributed by atoms with Crippen LogP contribution in [0.1, 0.15) is 49.3 Å². The van der Waals surface area contributed by atoms with Crippen molar-refractivity contribution < 1.29 is 19.2 Å². The Morgan fingerprint density at radius 3 is 2.24 bits per heavy atom. The predicted octanol–water partition coefficient (Wildman–Crippen LogP) is 5.37. The number of anilines is 1. The first-order valence-electron chi connectivity index (χ1n) is 16.6. The summed E-state index contributed by atoms with van der Waals surface area (Å²) in [6.07, 6.45) is 2.66. The van der Waals surface area contributed by atoms with Crippen LogP contribution in [0.4, 0.5) is 5.69 Å². The molecule has 0 aliphatic carbocycles. The number of benzene rings is 3. The molecule has 3 N–H and O–H groups in total. The fourth-order valence-electron chi connectivity index (χ4n) is 6.49. The van der Waals surface area contributed by atoms with Gasteiger partial charge in [-0.2, -0.15) is 0 Å². The van der Waals surface area contributed by atoms with E-state index in [2.05, 4.69) is 16.0 Å². The van der Waals surface area contributed by atoms with E-state index in [-0.39, 0.29) is 49.2 Å². The van der Waals surface area contributed by atoms with Gasteiger partial charge in [-0.15, -0.1) is 0 Å². The van der Waals surface area contributed by atoms with Crippen molar-refractivity contribution >= 4 is 64.1 Å². The zero-order chi connectivity index (χ0) is 35.1. The van der Waals surface area contributed by atoms with Gasteiger partial charge in [0.1, 0.15) is 12.6 Å². The molecule has 0 aromatic heterocycles. The van der Waals surface area contributed by atoms with Crippen LogP contribution in [0.2, 0.25) is 15.1 Å². The monoisotopic (exact) mass is 725 g/mol. The van der Waals surface area contributed by atoms with Gasteiger partial charge in [-0.05, 0) is 86.1 Å². The maximum atomic E-state index is 14.1. The molecule has 3 aromatic rings. The highest BCUT2D eigenvalue weighted by Crippen LogP contribution is 2.28. The normalized spacial score (nSPS) is 23.1. The van der Waals surface area contributed by atoms with Crippen LogP contribution in [-0.4, -0.2) is 72.8 Å². The second-order valence-corrected chi connectivity index (χ2v) is 14.3. The first kappa shape index (κ1) is 36.6. The molecule has 12 heteroatoms. The standard InChI is InChI=1S/C37H42Cl3N5O4/c1-23-15-16-44(2)36(48)21-29(18-25-9-13-30(39)31(40)19-25)42-35(47)22-45-33-6-4-3-5-26(33)10-14-32(37(45)49)43-34(46)20-28(41-23)17-24-7-11-27(38)12-8-24/h3-9,11-13,19,23,28-29,32,41H,10,14-18,20-22H2,1-2H3,(H,42,47)(H,43,46)/t23-,28+,29-,32+/m1/s1. The molecule has 0 spiro atoms. The quantitative estimate of drug-likeness (QED) is 0.335. The molecule has 0 saturated carbocycles. The molecule has 2 aliphatic rings. The summed E-state index contributed by atoms with van der Waals surface area (Å²) in [5, 5.41) is 11.0. The summed E-state index contributed by atoms with van der Waals surface area (Å²) in [5.74, 6) is -1.17. The second kappa shape index (κ2) is 16.9. The van der Waals surface area contributed by atoms with Crippen molar-refractivity contribution in [1.29, 1.82) is 0 Å². The molecule has 3 aromatic carbocycles. The molecule has 260 valence electrons. The number of carbonyl (C=O) groups is 4. The van der Waals surface area contributed by atoms with Crippen LogP contribution < -0.4 is 20.9 Å². The van der Waals surface area contributed by atoms with E-state index in [4.69, 9.17) is 34.8 Å². The summed E-state index contributed by atoms with van der Waals surface area (Å²) in [7, 11) is 1.75. The Bertz CT molecular complexity index is 1670. The summed E-state index contributed by atoms with van der Waals surface area (Å²) in [5.41, 5.74) is 3.36. The number of para-hydroxylation sites is 1. The number of hydrogen-bond donors (Lipinski definition) is 3. The zero-order valence-corrected chi connectivity index (χ0v) is 30.0. The van der Waals surface area contributed by atoms with Gasteiger partial charge < -0.3 is 25.8 Å². The van der Waals surface area contributed by atoms with Gasteiger partial charge >= 0.3 is 0 Å². The van der Waals surface area contributed by atoms with Gasteiger partial charge in [0.25, 0.3) is 0 Å². The molecule has 9 nitrogen and oxygen atoms in total. The van der Waals surface area contributed by atoms with Crippen LogP contribution in [0.5, 0.6) is 0 Å². The fourth-order valence-corrected chi connectivity index (χ4v) is 6.94. The number of carbonyl (C=O) groups excluding carboxylic acids is 4. The Labute approximate surface area is 302 Å². The summed E-state index contributed by atoms with van der Waals surface area (Å²) < 4.78 is 0. The number of fused-ring (bicyclic) bond motifs is 4. The summed E-state index contributed by atoms with van der Waals surface area (Å²) >= 11 is 18.6. The Hall–Kier alpha value is -3.63. The van der Waals surface area contributed by atoms with Crippen LogP contribution in [0.3, 0.4) is 0 Å². The maximum Gasteiger partial charge on any atom is 0.250 e. The first-order chi connectivity index (χ1) is 23.4. The van der Waals surface area contributed by atoms with Gasteiger partial charge in [-0.3, -0.25) is 19.2 Å². The van der Waals surface area contributed by atoms with Crippen LogP contribution in [0, 0.1) is 0 Å². The van der Waals surface area contributed by atoms with E-state index >= 15 is 0 Å². The highest BCUT2D eigenvalue weighted by molar-refractivity contribution is 6.42. The Balaban J connectivity index is 1.44. The highest BCUT2D eigenvalue weighted by atomic mass is 35.5. The van der Waals surface area contributed by atoms with Crippen molar-refractivity contribution in [3.8, 4) is 0 Å². The average Bonchev–Trinajstić information content (AvgIpc) is 3.18. The van der Waals surface area contributed by atoms with E-state index in [0.717, 1.165) is 16.7 Å². The molecule has 4 atom stereocenters. The van der Waals surface area contributed by atoms with E-state index in [1.165, 1.54) is 4.90 Å². The molecule has 1 saturated heterocycles. The number of hydrogen-bond acceptors (Lipinski definition) is 5. The van der Waals surface area contributed by atoms with Gasteiger partial charge in [-0.1, -0.05) is 71.2 Å². The largest absolute Gasteiger partial charge is 0.351 e. The molecule has 1 fully saturated rings. The molecule has 49 heavy (non-hydrogen) atoms. The molecular weight excluding hydrogens is 685 g/mol. The van der Waals surface area contributed by atoms with Crippen LogP contribution in [-0.2, 0) is 38.4 Å². The number of aryl methyl sites for hydroxylation is 1. The maximum absolute atomic E-state index is 14.1. The van der Waals surface area contributed by atoms with E-state index in [9.17, 15) is 19.2 Å². The summed E-state index contributed by atoms with van der Waals surface area (Å²) in [4.78, 5) is 58.1. The molecule has 0 unspecified atom stereocenters. The second-order valence-electron chi connectivity index (χ2n) is 13.0. The number of halogens is 3. The van der Waals surface area contributed by atoms with Crippen LogP contribution in [0.25, 0.3) is 0 Å². The predicted molar refractivity (Wildman–Crippen MR) is 194 cm³/mol. The number of rotatable bonds is 4. The molecule has 2 aliphatic heterocycles. The van der Waals surface area contributed by atoms with Gasteiger partial charge in [0.2, 0.25) is 23.6 Å². The molecular formula is C37H42Cl3N5O4. The minimum Gasteiger partial charge on any atom is -0.351 e. The lowest BCUT2D eigenvalue weighted by Gasteiger charge is -2.29. The third kappa shape index (κ3) is 10.2. The van der Waals surface area contributed by atoms with E-state index in [1.54, 1.807) is 24.1 Å². The topological polar surface area (TPSA) is 111 Å². The van der Waals surface area contributed by atoms with Crippen LogP contribution >= 0.6 is 34.8 Å².